The lowest BCUT2D eigenvalue weighted by atomic mass is 9.92. The minimum Gasteiger partial charge on any atom is -0.479 e. The predicted molar refractivity (Wildman–Crippen MR) is 82.3 cm³/mol. The Labute approximate surface area is 146 Å². The summed E-state index contributed by atoms with van der Waals surface area (Å²) in [5, 5.41) is 11.7. The third kappa shape index (κ3) is 4.25. The van der Waals surface area contributed by atoms with E-state index in [0.29, 0.717) is 11.5 Å². The van der Waals surface area contributed by atoms with Crippen LogP contribution in [-0.2, 0) is 15.1 Å². The minimum atomic E-state index is -1.80. The van der Waals surface area contributed by atoms with Gasteiger partial charge in [-0.05, 0) is 24.6 Å². The van der Waals surface area contributed by atoms with Crippen molar-refractivity contribution in [1.82, 2.24) is 5.32 Å². The van der Waals surface area contributed by atoms with Gasteiger partial charge in [0, 0.05) is 0 Å². The first-order chi connectivity index (χ1) is 10.6. The number of aliphatic carboxylic acids is 1. The predicted octanol–water partition coefficient (Wildman–Crippen LogP) is 2.81. The molecule has 1 atom stereocenters. The molecule has 0 bridgehead atoms. The van der Waals surface area contributed by atoms with Gasteiger partial charge in [-0.25, -0.2) is 9.59 Å². The molecule has 10 heteroatoms. The normalized spacial score (nSPS) is 15.7. The van der Waals surface area contributed by atoms with Crippen LogP contribution in [0.1, 0.15) is 12.5 Å². The molecule has 7 nitrogen and oxygen atoms in total. The summed E-state index contributed by atoms with van der Waals surface area (Å²) < 4.78 is 13.3. The molecule has 2 N–H and O–H groups in total. The van der Waals surface area contributed by atoms with Crippen LogP contribution >= 0.6 is 34.8 Å². The van der Waals surface area contributed by atoms with Gasteiger partial charge in [0.15, 0.2) is 17.0 Å². The van der Waals surface area contributed by atoms with Gasteiger partial charge in [-0.2, -0.15) is 0 Å². The zero-order chi connectivity index (χ0) is 17.3. The molecule has 0 saturated carbocycles. The summed E-state index contributed by atoms with van der Waals surface area (Å²) in [7, 11) is 0. The number of hydrogen-bond acceptors (Lipinski definition) is 5. The number of benzene rings is 1. The second kappa shape index (κ2) is 6.51. The topological polar surface area (TPSA) is 94.1 Å². The lowest BCUT2D eigenvalue weighted by molar-refractivity contribution is -0.144. The number of alkyl halides is 3. The van der Waals surface area contributed by atoms with Crippen LogP contribution < -0.4 is 14.8 Å². The first-order valence-electron chi connectivity index (χ1n) is 6.27. The van der Waals surface area contributed by atoms with E-state index in [1.165, 1.54) is 19.1 Å². The zero-order valence-electron chi connectivity index (χ0n) is 11.8. The van der Waals surface area contributed by atoms with Crippen molar-refractivity contribution in [1.29, 1.82) is 0 Å². The number of alkyl carbamates (subject to hydrolysis) is 1. The van der Waals surface area contributed by atoms with Crippen molar-refractivity contribution in [2.24, 2.45) is 0 Å². The maximum absolute atomic E-state index is 11.8. The van der Waals surface area contributed by atoms with Crippen LogP contribution in [0.15, 0.2) is 18.2 Å². The maximum atomic E-state index is 11.8. The second-order valence-electron chi connectivity index (χ2n) is 4.81. The van der Waals surface area contributed by atoms with E-state index in [1.54, 1.807) is 6.07 Å². The van der Waals surface area contributed by atoms with Gasteiger partial charge < -0.3 is 24.6 Å². The SMILES string of the molecule is C[C@@](NC(=O)OCC(Cl)(Cl)Cl)(C(=O)O)c1ccc2c(c1)OCO2. The molecule has 1 amide bonds. The quantitative estimate of drug-likeness (QED) is 0.775. The first-order valence-corrected chi connectivity index (χ1v) is 7.40. The van der Waals surface area contributed by atoms with Gasteiger partial charge in [-0.1, -0.05) is 40.9 Å². The smallest absolute Gasteiger partial charge is 0.408 e. The fraction of sp³-hybridized carbons (Fsp3) is 0.385. The van der Waals surface area contributed by atoms with Crippen molar-refractivity contribution in [3.05, 3.63) is 23.8 Å². The number of fused-ring (bicyclic) bond motifs is 1. The van der Waals surface area contributed by atoms with Gasteiger partial charge in [-0.15, -0.1) is 0 Å². The molecule has 126 valence electrons. The number of amides is 1. The third-order valence-corrected chi connectivity index (χ3v) is 3.42. The molecule has 0 saturated heterocycles. The molecule has 0 fully saturated rings. The number of nitrogens with one attached hydrogen (secondary N) is 1. The number of halogens is 3. The van der Waals surface area contributed by atoms with Crippen LogP contribution in [0.25, 0.3) is 0 Å². The van der Waals surface area contributed by atoms with Gasteiger partial charge in [0.2, 0.25) is 10.6 Å². The molecule has 0 unspecified atom stereocenters. The van der Waals surface area contributed by atoms with Crippen LogP contribution in [-0.4, -0.2) is 34.4 Å². The highest BCUT2D eigenvalue weighted by atomic mass is 35.6. The Morgan fingerprint density at radius 3 is 2.57 bits per heavy atom. The Morgan fingerprint density at radius 1 is 1.30 bits per heavy atom. The van der Waals surface area contributed by atoms with Crippen molar-refractivity contribution in [3.8, 4) is 11.5 Å². The van der Waals surface area contributed by atoms with E-state index < -0.39 is 28.0 Å². The van der Waals surface area contributed by atoms with E-state index in [-0.39, 0.29) is 12.4 Å². The van der Waals surface area contributed by atoms with Crippen LogP contribution in [0.2, 0.25) is 0 Å². The molecule has 1 heterocycles. The van der Waals surface area contributed by atoms with E-state index in [2.05, 4.69) is 5.32 Å². The summed E-state index contributed by atoms with van der Waals surface area (Å²) in [4.78, 5) is 23.4. The number of ether oxygens (including phenoxy) is 3. The number of carbonyl (C=O) groups is 2. The molecular weight excluding hydrogens is 373 g/mol. The summed E-state index contributed by atoms with van der Waals surface area (Å²) in [6.07, 6.45) is -1.04. The standard InChI is InChI=1S/C13H12Cl3NO6/c1-12(10(18)19,17-11(20)21-5-13(14,15)16)7-2-3-8-9(4-7)23-6-22-8/h2-4H,5-6H2,1H3,(H,17,20)(H,18,19)/t12-/m0/s1. The highest BCUT2D eigenvalue weighted by Gasteiger charge is 2.39. The molecule has 1 aromatic rings. The Morgan fingerprint density at radius 2 is 1.96 bits per heavy atom. The Hall–Kier alpha value is -1.57. The van der Waals surface area contributed by atoms with Crippen molar-refractivity contribution in [3.63, 3.8) is 0 Å². The van der Waals surface area contributed by atoms with Crippen molar-refractivity contribution < 1.29 is 28.9 Å². The average Bonchev–Trinajstić information content (AvgIpc) is 2.91. The lowest BCUT2D eigenvalue weighted by Crippen LogP contribution is -2.50. The van der Waals surface area contributed by atoms with E-state index in [0.717, 1.165) is 0 Å². The van der Waals surface area contributed by atoms with Crippen LogP contribution in [0.5, 0.6) is 11.5 Å². The fourth-order valence-corrected chi connectivity index (χ4v) is 2.01. The van der Waals surface area contributed by atoms with E-state index in [9.17, 15) is 14.7 Å². The highest BCUT2D eigenvalue weighted by molar-refractivity contribution is 6.67. The van der Waals surface area contributed by atoms with Crippen LogP contribution in [0.3, 0.4) is 0 Å². The molecule has 2 rings (SSSR count). The number of rotatable bonds is 4. The summed E-state index contributed by atoms with van der Waals surface area (Å²) in [6.45, 7) is 0.811. The highest BCUT2D eigenvalue weighted by Crippen LogP contribution is 2.36. The minimum absolute atomic E-state index is 0.0429. The summed E-state index contributed by atoms with van der Waals surface area (Å²) >= 11 is 16.4. The van der Waals surface area contributed by atoms with Crippen molar-refractivity contribution in [2.75, 3.05) is 13.4 Å². The molecule has 0 spiro atoms. The third-order valence-electron chi connectivity index (χ3n) is 3.10. The summed E-state index contributed by atoms with van der Waals surface area (Å²) in [5.74, 6) is -0.436. The van der Waals surface area contributed by atoms with Gasteiger partial charge >= 0.3 is 12.1 Å². The Balaban J connectivity index is 2.19. The monoisotopic (exact) mass is 383 g/mol. The lowest BCUT2D eigenvalue weighted by Gasteiger charge is -2.26. The number of hydrogen-bond donors (Lipinski definition) is 2. The summed E-state index contributed by atoms with van der Waals surface area (Å²) in [5.41, 5.74) is -1.51. The largest absolute Gasteiger partial charge is 0.479 e. The van der Waals surface area contributed by atoms with Crippen molar-refractivity contribution >= 4 is 46.9 Å². The summed E-state index contributed by atoms with van der Waals surface area (Å²) in [6, 6.07) is 4.51. The number of carbonyl (C=O) groups excluding carboxylic acids is 1. The van der Waals surface area contributed by atoms with E-state index in [1.807, 2.05) is 0 Å². The average molecular weight is 385 g/mol. The van der Waals surface area contributed by atoms with Gasteiger partial charge in [-0.3, -0.25) is 0 Å². The van der Waals surface area contributed by atoms with Crippen molar-refractivity contribution in [2.45, 2.75) is 16.3 Å². The van der Waals surface area contributed by atoms with E-state index in [4.69, 9.17) is 49.0 Å². The number of carboxylic acids is 1. The molecule has 0 aromatic heterocycles. The van der Waals surface area contributed by atoms with Gasteiger partial charge in [0.25, 0.3) is 0 Å². The molecular formula is C13H12Cl3NO6. The fourth-order valence-electron chi connectivity index (χ4n) is 1.84. The molecule has 1 aliphatic rings. The first kappa shape index (κ1) is 17.8. The Bertz CT molecular complexity index is 633. The maximum Gasteiger partial charge on any atom is 0.408 e. The molecule has 23 heavy (non-hydrogen) atoms. The van der Waals surface area contributed by atoms with Gasteiger partial charge in [0.05, 0.1) is 0 Å². The van der Waals surface area contributed by atoms with E-state index >= 15 is 0 Å². The van der Waals surface area contributed by atoms with Crippen LogP contribution in [0, 0.1) is 0 Å². The second-order valence-corrected chi connectivity index (χ2v) is 7.33. The zero-order valence-corrected chi connectivity index (χ0v) is 14.0. The number of carboxylic acid groups (broad SMARTS) is 1. The molecule has 0 aliphatic carbocycles. The van der Waals surface area contributed by atoms with Crippen LogP contribution in [0.4, 0.5) is 4.79 Å². The Kier molecular flexibility index (Phi) is 5.03. The molecule has 0 radical (unpaired) electrons. The van der Waals surface area contributed by atoms with Gasteiger partial charge in [0.1, 0.15) is 6.61 Å². The molecule has 1 aliphatic heterocycles. The molecule has 1 aromatic carbocycles.